The molecular formula is C7H17CaNO4S. The van der Waals surface area contributed by atoms with Crippen molar-refractivity contribution in [1.29, 1.82) is 0 Å². The van der Waals surface area contributed by atoms with E-state index in [1.807, 2.05) is 0 Å². The van der Waals surface area contributed by atoms with Crippen LogP contribution < -0.4 is 5.32 Å². The van der Waals surface area contributed by atoms with Gasteiger partial charge in [0.15, 0.2) is 0 Å². The molecule has 0 spiro atoms. The molecule has 14 heavy (non-hydrogen) atoms. The number of unbranched alkanes of at least 4 members (excludes halogenated alkanes) is 2. The maximum atomic E-state index is 10.4. The SMILES string of the molecule is CC(=O)NCCCCCS(=O)(=O)O.[CaH2]. The molecule has 82 valence electrons. The molecule has 0 aliphatic heterocycles. The van der Waals surface area contributed by atoms with Gasteiger partial charge in [0.2, 0.25) is 5.91 Å². The number of hydrogen-bond donors (Lipinski definition) is 2. The van der Waals surface area contributed by atoms with Crippen molar-refractivity contribution < 1.29 is 17.8 Å². The van der Waals surface area contributed by atoms with Crippen molar-refractivity contribution in [3.05, 3.63) is 0 Å². The number of rotatable bonds is 6. The Hall–Kier alpha value is 0.640. The van der Waals surface area contributed by atoms with Crippen LogP contribution in [0.5, 0.6) is 0 Å². The van der Waals surface area contributed by atoms with Gasteiger partial charge >= 0.3 is 37.7 Å². The van der Waals surface area contributed by atoms with Gasteiger partial charge in [-0.25, -0.2) is 0 Å². The molecule has 0 saturated heterocycles. The third-order valence-corrected chi connectivity index (χ3v) is 2.26. The van der Waals surface area contributed by atoms with Crippen molar-refractivity contribution >= 4 is 53.8 Å². The van der Waals surface area contributed by atoms with Crippen molar-refractivity contribution in [2.45, 2.75) is 26.2 Å². The summed E-state index contributed by atoms with van der Waals surface area (Å²) in [6, 6.07) is 0. The number of carbonyl (C=O) groups excluding carboxylic acids is 1. The molecule has 0 aromatic carbocycles. The van der Waals surface area contributed by atoms with Crippen molar-refractivity contribution in [2.24, 2.45) is 0 Å². The summed E-state index contributed by atoms with van der Waals surface area (Å²) < 4.78 is 28.9. The van der Waals surface area contributed by atoms with E-state index in [9.17, 15) is 13.2 Å². The average molecular weight is 251 g/mol. The molecule has 0 saturated carbocycles. The average Bonchev–Trinajstić information content (AvgIpc) is 1.93. The fourth-order valence-electron chi connectivity index (χ4n) is 0.851. The van der Waals surface area contributed by atoms with Gasteiger partial charge in [-0.15, -0.1) is 0 Å². The van der Waals surface area contributed by atoms with E-state index in [1.54, 1.807) is 0 Å². The van der Waals surface area contributed by atoms with Gasteiger partial charge in [0.25, 0.3) is 10.1 Å². The molecule has 0 heterocycles. The van der Waals surface area contributed by atoms with Crippen molar-refractivity contribution in [1.82, 2.24) is 5.32 Å². The van der Waals surface area contributed by atoms with E-state index >= 15 is 0 Å². The second kappa shape index (κ2) is 8.91. The third-order valence-electron chi connectivity index (χ3n) is 1.45. The summed E-state index contributed by atoms with van der Waals surface area (Å²) in [6.45, 7) is 1.99. The number of carbonyl (C=O) groups is 1. The van der Waals surface area contributed by atoms with Gasteiger partial charge in [-0.3, -0.25) is 9.35 Å². The molecule has 0 aliphatic rings. The fourth-order valence-corrected chi connectivity index (χ4v) is 1.42. The molecular weight excluding hydrogens is 234 g/mol. The van der Waals surface area contributed by atoms with Crippen LogP contribution in [0.25, 0.3) is 0 Å². The molecule has 7 heteroatoms. The Kier molecular flexibility index (Phi) is 10.8. The Balaban J connectivity index is 0. The summed E-state index contributed by atoms with van der Waals surface area (Å²) in [5.41, 5.74) is 0. The Morgan fingerprint density at radius 3 is 2.29 bits per heavy atom. The van der Waals surface area contributed by atoms with Gasteiger partial charge in [-0.05, 0) is 12.8 Å². The van der Waals surface area contributed by atoms with Crippen LogP contribution in [0.3, 0.4) is 0 Å². The number of amides is 1. The molecule has 5 nitrogen and oxygen atoms in total. The fraction of sp³-hybridized carbons (Fsp3) is 0.857. The predicted octanol–water partition coefficient (Wildman–Crippen LogP) is -0.736. The first-order valence-corrected chi connectivity index (χ1v) is 5.72. The third kappa shape index (κ3) is 15.1. The molecule has 2 N–H and O–H groups in total. The standard InChI is InChI=1S/C7H15NO4S.Ca.2H/c1-7(9)8-5-3-2-4-6-13(10,11)12;;;/h2-6H2,1H3,(H,8,9)(H,10,11,12);;;. The van der Waals surface area contributed by atoms with Crippen LogP contribution in [0.2, 0.25) is 0 Å². The monoisotopic (exact) mass is 251 g/mol. The number of nitrogens with one attached hydrogen (secondary N) is 1. The summed E-state index contributed by atoms with van der Waals surface area (Å²) >= 11 is 0. The molecule has 0 aromatic rings. The van der Waals surface area contributed by atoms with Gasteiger partial charge < -0.3 is 5.32 Å². The second-order valence-corrected chi connectivity index (χ2v) is 4.40. The molecule has 0 bridgehead atoms. The zero-order valence-corrected chi connectivity index (χ0v) is 8.43. The van der Waals surface area contributed by atoms with Crippen LogP contribution in [0.15, 0.2) is 0 Å². The normalized spacial score (nSPS) is 10.4. The van der Waals surface area contributed by atoms with E-state index < -0.39 is 10.1 Å². The Morgan fingerprint density at radius 1 is 1.29 bits per heavy atom. The first-order chi connectivity index (χ1) is 5.92. The molecule has 0 rings (SSSR count). The topological polar surface area (TPSA) is 83.5 Å². The summed E-state index contributed by atoms with van der Waals surface area (Å²) in [6.07, 6.45) is 1.84. The zero-order valence-electron chi connectivity index (χ0n) is 7.62. The molecule has 0 fully saturated rings. The van der Waals surface area contributed by atoms with Crippen molar-refractivity contribution in [3.8, 4) is 0 Å². The summed E-state index contributed by atoms with van der Waals surface area (Å²) in [5.74, 6) is -0.289. The second-order valence-electron chi connectivity index (χ2n) is 2.83. The summed E-state index contributed by atoms with van der Waals surface area (Å²) in [4.78, 5) is 10.4. The minimum atomic E-state index is -3.81. The zero-order chi connectivity index (χ0) is 10.3. The molecule has 0 aromatic heterocycles. The van der Waals surface area contributed by atoms with Crippen molar-refractivity contribution in [3.63, 3.8) is 0 Å². The molecule has 0 aliphatic carbocycles. The van der Waals surface area contributed by atoms with Crippen LogP contribution in [0.1, 0.15) is 26.2 Å². The molecule has 0 unspecified atom stereocenters. The van der Waals surface area contributed by atoms with E-state index in [2.05, 4.69) is 5.32 Å². The van der Waals surface area contributed by atoms with E-state index in [4.69, 9.17) is 4.55 Å². The predicted molar refractivity (Wildman–Crippen MR) is 57.5 cm³/mol. The molecule has 0 radical (unpaired) electrons. The molecule has 1 amide bonds. The first kappa shape index (κ1) is 17.0. The maximum absolute atomic E-state index is 10.4. The summed E-state index contributed by atoms with van der Waals surface area (Å²) in [5, 5.41) is 2.59. The Labute approximate surface area is 114 Å². The first-order valence-electron chi connectivity index (χ1n) is 4.11. The Bertz CT molecular complexity index is 252. The Morgan fingerprint density at radius 2 is 1.86 bits per heavy atom. The van der Waals surface area contributed by atoms with Gasteiger partial charge in [-0.2, -0.15) is 8.42 Å². The van der Waals surface area contributed by atoms with Crippen LogP contribution in [0, 0.1) is 0 Å². The van der Waals surface area contributed by atoms with E-state index in [1.165, 1.54) is 6.92 Å². The quantitative estimate of drug-likeness (QED) is 0.370. The van der Waals surface area contributed by atoms with E-state index in [0.29, 0.717) is 19.4 Å². The van der Waals surface area contributed by atoms with Crippen LogP contribution >= 0.6 is 0 Å². The van der Waals surface area contributed by atoms with Gasteiger partial charge in [0.05, 0.1) is 5.75 Å². The van der Waals surface area contributed by atoms with Crippen LogP contribution in [-0.2, 0) is 14.9 Å². The number of hydrogen-bond acceptors (Lipinski definition) is 3. The minimum absolute atomic E-state index is 0. The van der Waals surface area contributed by atoms with Crippen LogP contribution in [-0.4, -0.2) is 68.9 Å². The summed E-state index contributed by atoms with van der Waals surface area (Å²) in [7, 11) is -3.81. The van der Waals surface area contributed by atoms with Gasteiger partial charge in [0, 0.05) is 13.5 Å². The molecule has 0 atom stereocenters. The van der Waals surface area contributed by atoms with Crippen LogP contribution in [0.4, 0.5) is 0 Å². The van der Waals surface area contributed by atoms with Gasteiger partial charge in [-0.1, -0.05) is 6.42 Å². The van der Waals surface area contributed by atoms with E-state index in [-0.39, 0.29) is 49.4 Å². The van der Waals surface area contributed by atoms with Gasteiger partial charge in [0.1, 0.15) is 0 Å². The van der Waals surface area contributed by atoms with Crippen molar-refractivity contribution in [2.75, 3.05) is 12.3 Å². The van der Waals surface area contributed by atoms with E-state index in [0.717, 1.165) is 6.42 Å².